The molecule has 0 N–H and O–H groups in total. The number of allylic oxidation sites excluding steroid dienone is 1. The largest absolute Gasteiger partial charge is 0.372 e. The zero-order valence-corrected chi connectivity index (χ0v) is 23.6. The summed E-state index contributed by atoms with van der Waals surface area (Å²) in [6.07, 6.45) is 11.8. The van der Waals surface area contributed by atoms with E-state index in [1.807, 2.05) is 11.9 Å². The van der Waals surface area contributed by atoms with Crippen LogP contribution in [0.4, 0.5) is 0 Å². The molecule has 0 unspecified atom stereocenters. The van der Waals surface area contributed by atoms with Gasteiger partial charge in [-0.25, -0.2) is 0 Å². The van der Waals surface area contributed by atoms with Gasteiger partial charge in [0.2, 0.25) is 5.91 Å². The molecule has 2 aliphatic heterocycles. The lowest BCUT2D eigenvalue weighted by Crippen LogP contribution is -2.54. The van der Waals surface area contributed by atoms with E-state index in [9.17, 15) is 9.59 Å². The average molecular weight is 499 g/mol. The van der Waals surface area contributed by atoms with Gasteiger partial charge in [-0.3, -0.25) is 14.5 Å². The van der Waals surface area contributed by atoms with Gasteiger partial charge >= 0.3 is 0 Å². The van der Waals surface area contributed by atoms with Crippen molar-refractivity contribution >= 4 is 11.7 Å². The molecule has 0 spiro atoms. The molecule has 3 saturated carbocycles. The molecule has 0 bridgehead atoms. The van der Waals surface area contributed by atoms with Crippen molar-refractivity contribution in [1.82, 2.24) is 9.80 Å². The van der Waals surface area contributed by atoms with Crippen LogP contribution < -0.4 is 0 Å². The summed E-state index contributed by atoms with van der Waals surface area (Å²) in [5, 5.41) is 0. The number of nitrogens with zero attached hydrogens (tertiary/aromatic N) is 2. The molecule has 4 fully saturated rings. The van der Waals surface area contributed by atoms with Gasteiger partial charge in [0, 0.05) is 52.5 Å². The van der Waals surface area contributed by atoms with Gasteiger partial charge in [-0.15, -0.1) is 0 Å². The number of ether oxygens (including phenoxy) is 1. The molecule has 5 heteroatoms. The van der Waals surface area contributed by atoms with Crippen LogP contribution in [0.2, 0.25) is 0 Å². The van der Waals surface area contributed by atoms with Crippen molar-refractivity contribution in [1.29, 1.82) is 0 Å². The van der Waals surface area contributed by atoms with E-state index in [0.717, 1.165) is 63.8 Å². The van der Waals surface area contributed by atoms with Crippen molar-refractivity contribution in [2.24, 2.45) is 35.0 Å². The number of Topliss-reactive ketones (excluding diaryl/α,β-unsaturated/α-hetero) is 1. The van der Waals surface area contributed by atoms with Gasteiger partial charge in [0.25, 0.3) is 0 Å². The quantitative estimate of drug-likeness (QED) is 0.483. The minimum atomic E-state index is 0.147. The molecule has 0 aromatic heterocycles. The minimum absolute atomic E-state index is 0.147. The van der Waals surface area contributed by atoms with Crippen LogP contribution in [0.1, 0.15) is 91.9 Å². The highest BCUT2D eigenvalue weighted by molar-refractivity contribution is 5.79. The predicted octanol–water partition coefficient (Wildman–Crippen LogP) is 5.48. The molecule has 36 heavy (non-hydrogen) atoms. The van der Waals surface area contributed by atoms with Crippen LogP contribution >= 0.6 is 0 Å². The number of hydrogen-bond acceptors (Lipinski definition) is 4. The fourth-order valence-electron chi connectivity index (χ4n) is 9.13. The molecule has 1 saturated heterocycles. The highest BCUT2D eigenvalue weighted by atomic mass is 16.5. The van der Waals surface area contributed by atoms with Crippen LogP contribution in [0.25, 0.3) is 0 Å². The maximum Gasteiger partial charge on any atom is 0.219 e. The molecular formula is C31H50N2O3. The molecule has 0 aromatic carbocycles. The highest BCUT2D eigenvalue weighted by Gasteiger charge is 2.55. The van der Waals surface area contributed by atoms with Crippen molar-refractivity contribution in [3.63, 3.8) is 0 Å². The van der Waals surface area contributed by atoms with Crippen LogP contribution in [0, 0.1) is 35.0 Å². The minimum Gasteiger partial charge on any atom is -0.372 e. The van der Waals surface area contributed by atoms with E-state index < -0.39 is 0 Å². The van der Waals surface area contributed by atoms with Gasteiger partial charge in [0.15, 0.2) is 0 Å². The van der Waals surface area contributed by atoms with Crippen molar-refractivity contribution in [2.45, 2.75) is 104 Å². The summed E-state index contributed by atoms with van der Waals surface area (Å²) in [4.78, 5) is 28.5. The van der Waals surface area contributed by atoms with Gasteiger partial charge < -0.3 is 9.64 Å². The van der Waals surface area contributed by atoms with Crippen LogP contribution in [0.15, 0.2) is 11.1 Å². The number of likely N-dealkylation sites (N-methyl/N-ethyl adjacent to an activating group) is 1. The van der Waals surface area contributed by atoms with Crippen molar-refractivity contribution in [2.75, 3.05) is 33.3 Å². The first kappa shape index (κ1) is 26.4. The van der Waals surface area contributed by atoms with Crippen molar-refractivity contribution in [3.05, 3.63) is 11.1 Å². The van der Waals surface area contributed by atoms with E-state index in [2.05, 4.69) is 25.7 Å². The Morgan fingerprint density at radius 2 is 2.00 bits per heavy atom. The molecule has 1 amide bonds. The number of hydrogen-bond donors (Lipinski definition) is 0. The molecule has 0 aromatic rings. The third-order valence-corrected chi connectivity index (χ3v) is 11.4. The van der Waals surface area contributed by atoms with E-state index in [0.29, 0.717) is 41.1 Å². The zero-order chi connectivity index (χ0) is 25.6. The third-order valence-electron chi connectivity index (χ3n) is 11.4. The monoisotopic (exact) mass is 498 g/mol. The first-order valence-electron chi connectivity index (χ1n) is 14.9. The second-order valence-corrected chi connectivity index (χ2v) is 13.5. The first-order valence-corrected chi connectivity index (χ1v) is 14.9. The Morgan fingerprint density at radius 3 is 2.78 bits per heavy atom. The Hall–Kier alpha value is -1.20. The summed E-state index contributed by atoms with van der Waals surface area (Å²) in [5.74, 6) is 4.15. The van der Waals surface area contributed by atoms with Crippen LogP contribution in [0.5, 0.6) is 0 Å². The number of fused-ring (bicyclic) bond motifs is 6. The molecule has 3 aliphatic carbocycles. The summed E-state index contributed by atoms with van der Waals surface area (Å²) < 4.78 is 6.77. The van der Waals surface area contributed by atoms with Crippen molar-refractivity contribution in [3.8, 4) is 0 Å². The lowest BCUT2D eigenvalue weighted by atomic mass is 9.52. The Balaban J connectivity index is 1.33. The van der Waals surface area contributed by atoms with Crippen LogP contribution in [-0.4, -0.2) is 66.9 Å². The summed E-state index contributed by atoms with van der Waals surface area (Å²) in [5.41, 5.74) is 3.58. The van der Waals surface area contributed by atoms with Gasteiger partial charge in [-0.05, 0) is 92.4 Å². The Morgan fingerprint density at radius 1 is 1.19 bits per heavy atom. The lowest BCUT2D eigenvalue weighted by Gasteiger charge is -2.52. The van der Waals surface area contributed by atoms with E-state index in [1.165, 1.54) is 44.1 Å². The molecule has 5 rings (SSSR count). The summed E-state index contributed by atoms with van der Waals surface area (Å²) in [7, 11) is 1.92. The number of amides is 1. The smallest absolute Gasteiger partial charge is 0.219 e. The number of carbonyl (C=O) groups excluding carboxylic acids is 2. The molecule has 5 aliphatic rings. The number of likely N-dealkylation sites (tertiary alicyclic amines) is 1. The molecule has 0 radical (unpaired) electrons. The van der Waals surface area contributed by atoms with Gasteiger partial charge in [-0.1, -0.05) is 25.8 Å². The fourth-order valence-corrected chi connectivity index (χ4v) is 9.13. The fraction of sp³-hybridized carbons (Fsp3) is 0.871. The first-order chi connectivity index (χ1) is 17.2. The molecule has 5 nitrogen and oxygen atoms in total. The van der Waals surface area contributed by atoms with E-state index in [1.54, 1.807) is 12.5 Å². The van der Waals surface area contributed by atoms with Gasteiger partial charge in [0.05, 0.1) is 12.7 Å². The van der Waals surface area contributed by atoms with Crippen LogP contribution in [-0.2, 0) is 14.3 Å². The average Bonchev–Trinajstić information content (AvgIpc) is 3.22. The second-order valence-electron chi connectivity index (χ2n) is 13.5. The van der Waals surface area contributed by atoms with Crippen molar-refractivity contribution < 1.29 is 14.3 Å². The second kappa shape index (κ2) is 10.5. The highest BCUT2D eigenvalue weighted by Crippen LogP contribution is 2.63. The van der Waals surface area contributed by atoms with E-state index >= 15 is 0 Å². The predicted molar refractivity (Wildman–Crippen MR) is 144 cm³/mol. The van der Waals surface area contributed by atoms with E-state index in [4.69, 9.17) is 4.74 Å². The third kappa shape index (κ3) is 4.96. The molecular weight excluding hydrogens is 448 g/mol. The molecule has 202 valence electrons. The summed E-state index contributed by atoms with van der Waals surface area (Å²) in [6, 6.07) is 0.464. The summed E-state index contributed by atoms with van der Waals surface area (Å²) in [6.45, 7) is 12.5. The van der Waals surface area contributed by atoms with Crippen LogP contribution in [0.3, 0.4) is 0 Å². The maximum absolute atomic E-state index is 12.3. The Bertz CT molecular complexity index is 883. The SMILES string of the molecule is CC(=O)N(C)CCN1C[C@@H](C)C[C@H]2OC/C(C)=C3/C[C@H]4[C@@H](CC[C@@H]5CC(=O)CC[C@@]54C)[C@@H]3CCC[C@@H]21. The summed E-state index contributed by atoms with van der Waals surface area (Å²) >= 11 is 0. The Labute approximate surface area is 219 Å². The standard InChI is InChI=1S/C31H50N2O3/c1-20-15-30-29(33(18-20)14-13-32(5)22(3)34)8-6-7-25-26-10-9-23-16-24(35)11-12-31(23,4)28(26)17-27(25)21(2)19-36-30/h20,23,25-26,28-30H,6-19H2,1-5H3/b27-21-/t20-,23+,25-,26-,28-,29-,30+,31-/m0/s1. The number of ketones is 1. The zero-order valence-electron chi connectivity index (χ0n) is 23.6. The molecule has 2 heterocycles. The maximum atomic E-state index is 12.3. The number of piperidine rings is 1. The topological polar surface area (TPSA) is 49.9 Å². The Kier molecular flexibility index (Phi) is 7.72. The normalized spacial score (nSPS) is 43.7. The molecule has 8 atom stereocenters. The number of rotatable bonds is 3. The lowest BCUT2D eigenvalue weighted by molar-refractivity contribution is -0.130. The van der Waals surface area contributed by atoms with E-state index in [-0.39, 0.29) is 5.91 Å². The van der Waals surface area contributed by atoms with Gasteiger partial charge in [0.1, 0.15) is 5.78 Å². The number of carbonyl (C=O) groups is 2. The van der Waals surface area contributed by atoms with Gasteiger partial charge in [-0.2, -0.15) is 0 Å².